The second-order valence-corrected chi connectivity index (χ2v) is 5.83. The Kier molecular flexibility index (Phi) is 4.20. The van der Waals surface area contributed by atoms with Crippen molar-refractivity contribution in [2.75, 3.05) is 17.2 Å². The highest BCUT2D eigenvalue weighted by molar-refractivity contribution is 7.17. The molecule has 0 radical (unpaired) electrons. The molecule has 2 aromatic rings. The van der Waals surface area contributed by atoms with Crippen LogP contribution in [0.4, 0.5) is 24.4 Å². The molecule has 3 rings (SSSR count). The smallest absolute Gasteiger partial charge is 0.325 e. The molecular formula is C14H12F2N4O2S. The Morgan fingerprint density at radius 3 is 2.74 bits per heavy atom. The van der Waals surface area contributed by atoms with Crippen molar-refractivity contribution >= 4 is 34.1 Å². The molecule has 6 nitrogen and oxygen atoms in total. The normalized spacial score (nSPS) is 13.7. The van der Waals surface area contributed by atoms with Crippen LogP contribution < -0.4 is 16.0 Å². The van der Waals surface area contributed by atoms with E-state index in [1.807, 2.05) is 0 Å². The SMILES string of the molecule is O=C(Nc1nc2c(s1)C(=O)NCCC2)Nc1c(F)cccc1F. The predicted octanol–water partition coefficient (Wildman–Crippen LogP) is 2.74. The number of aryl methyl sites for hydroxylation is 1. The Balaban J connectivity index is 1.74. The maximum absolute atomic E-state index is 13.5. The molecule has 0 saturated heterocycles. The number of thiazole rings is 1. The molecule has 23 heavy (non-hydrogen) atoms. The van der Waals surface area contributed by atoms with Gasteiger partial charge in [-0.25, -0.2) is 18.6 Å². The van der Waals surface area contributed by atoms with Crippen LogP contribution in [0.2, 0.25) is 0 Å². The zero-order valence-corrected chi connectivity index (χ0v) is 12.6. The van der Waals surface area contributed by atoms with Crippen LogP contribution in [0.3, 0.4) is 0 Å². The lowest BCUT2D eigenvalue weighted by molar-refractivity contribution is 0.0960. The summed E-state index contributed by atoms with van der Waals surface area (Å²) in [5.41, 5.74) is 0.0678. The summed E-state index contributed by atoms with van der Waals surface area (Å²) in [5, 5.41) is 7.41. The molecule has 1 aromatic carbocycles. The number of fused-ring (bicyclic) bond motifs is 1. The van der Waals surface area contributed by atoms with Gasteiger partial charge in [0, 0.05) is 6.54 Å². The fraction of sp³-hybridized carbons (Fsp3) is 0.214. The summed E-state index contributed by atoms with van der Waals surface area (Å²) in [6.45, 7) is 0.581. The van der Waals surface area contributed by atoms with Crippen molar-refractivity contribution in [3.63, 3.8) is 0 Å². The number of halogens is 2. The van der Waals surface area contributed by atoms with Crippen LogP contribution in [0, 0.1) is 11.6 Å². The van der Waals surface area contributed by atoms with Gasteiger partial charge in [0.05, 0.1) is 5.69 Å². The van der Waals surface area contributed by atoms with Crippen LogP contribution >= 0.6 is 11.3 Å². The van der Waals surface area contributed by atoms with E-state index in [1.165, 1.54) is 6.07 Å². The molecular weight excluding hydrogens is 326 g/mol. The first kappa shape index (κ1) is 15.3. The second kappa shape index (κ2) is 6.29. The number of nitrogens with zero attached hydrogens (tertiary/aromatic N) is 1. The number of urea groups is 1. The predicted molar refractivity (Wildman–Crippen MR) is 81.8 cm³/mol. The molecule has 0 aliphatic carbocycles. The third-order valence-electron chi connectivity index (χ3n) is 3.20. The van der Waals surface area contributed by atoms with Gasteiger partial charge in [-0.1, -0.05) is 17.4 Å². The first-order valence-corrected chi connectivity index (χ1v) is 7.66. The Bertz CT molecular complexity index is 758. The van der Waals surface area contributed by atoms with E-state index in [0.717, 1.165) is 29.9 Å². The summed E-state index contributed by atoms with van der Waals surface area (Å²) >= 11 is 1.02. The van der Waals surface area contributed by atoms with Crippen molar-refractivity contribution in [3.05, 3.63) is 40.4 Å². The molecule has 0 spiro atoms. The zero-order chi connectivity index (χ0) is 16.4. The number of benzene rings is 1. The van der Waals surface area contributed by atoms with Gasteiger partial charge >= 0.3 is 6.03 Å². The van der Waals surface area contributed by atoms with Gasteiger partial charge in [-0.2, -0.15) is 0 Å². The highest BCUT2D eigenvalue weighted by atomic mass is 32.1. The molecule has 1 aromatic heterocycles. The van der Waals surface area contributed by atoms with E-state index in [-0.39, 0.29) is 11.0 Å². The lowest BCUT2D eigenvalue weighted by Crippen LogP contribution is -2.22. The van der Waals surface area contributed by atoms with Gasteiger partial charge in [-0.15, -0.1) is 0 Å². The monoisotopic (exact) mass is 338 g/mol. The molecule has 3 N–H and O–H groups in total. The van der Waals surface area contributed by atoms with Gasteiger partial charge < -0.3 is 10.6 Å². The van der Waals surface area contributed by atoms with Crippen LogP contribution in [-0.2, 0) is 6.42 Å². The summed E-state index contributed by atoms with van der Waals surface area (Å²) < 4.78 is 27.0. The van der Waals surface area contributed by atoms with E-state index >= 15 is 0 Å². The van der Waals surface area contributed by atoms with Crippen molar-refractivity contribution in [2.45, 2.75) is 12.8 Å². The number of nitrogens with one attached hydrogen (secondary N) is 3. The van der Waals surface area contributed by atoms with Crippen LogP contribution in [0.25, 0.3) is 0 Å². The minimum Gasteiger partial charge on any atom is -0.351 e. The fourth-order valence-corrected chi connectivity index (χ4v) is 3.07. The molecule has 1 aliphatic heterocycles. The number of para-hydroxylation sites is 1. The minimum absolute atomic E-state index is 0.196. The summed E-state index contributed by atoms with van der Waals surface area (Å²) in [4.78, 5) is 28.3. The second-order valence-electron chi connectivity index (χ2n) is 4.83. The van der Waals surface area contributed by atoms with Crippen molar-refractivity contribution in [1.82, 2.24) is 10.3 Å². The Morgan fingerprint density at radius 2 is 2.00 bits per heavy atom. The average Bonchev–Trinajstić information content (AvgIpc) is 2.82. The van der Waals surface area contributed by atoms with Gasteiger partial charge in [0.25, 0.3) is 5.91 Å². The van der Waals surface area contributed by atoms with Crippen LogP contribution in [0.15, 0.2) is 18.2 Å². The van der Waals surface area contributed by atoms with E-state index in [9.17, 15) is 18.4 Å². The number of carbonyl (C=O) groups excluding carboxylic acids is 2. The topological polar surface area (TPSA) is 83.1 Å². The molecule has 0 bridgehead atoms. The standard InChI is InChI=1S/C14H12F2N4O2S/c15-7-3-1-4-8(16)10(7)19-13(22)20-14-18-9-5-2-6-17-12(21)11(9)23-14/h1,3-4H,2,5-6H2,(H,17,21)(H2,18,19,20,22). The third kappa shape index (κ3) is 3.29. The van der Waals surface area contributed by atoms with Crippen LogP contribution in [0.5, 0.6) is 0 Å². The summed E-state index contributed by atoms with van der Waals surface area (Å²) in [7, 11) is 0. The van der Waals surface area contributed by atoms with Crippen molar-refractivity contribution < 1.29 is 18.4 Å². The minimum atomic E-state index is -0.880. The van der Waals surface area contributed by atoms with E-state index in [4.69, 9.17) is 0 Å². The molecule has 3 amide bonds. The molecule has 1 aliphatic rings. The molecule has 0 fully saturated rings. The Morgan fingerprint density at radius 1 is 1.26 bits per heavy atom. The maximum Gasteiger partial charge on any atom is 0.325 e. The van der Waals surface area contributed by atoms with Crippen molar-refractivity contribution in [3.8, 4) is 0 Å². The number of rotatable bonds is 2. The van der Waals surface area contributed by atoms with E-state index in [2.05, 4.69) is 20.9 Å². The first-order valence-electron chi connectivity index (χ1n) is 6.84. The maximum atomic E-state index is 13.5. The summed E-state index contributed by atoms with van der Waals surface area (Å²) in [6.07, 6.45) is 1.38. The molecule has 0 unspecified atom stereocenters. The molecule has 2 heterocycles. The molecule has 0 atom stereocenters. The van der Waals surface area contributed by atoms with Gasteiger partial charge in [-0.3, -0.25) is 10.1 Å². The van der Waals surface area contributed by atoms with Gasteiger partial charge in [-0.05, 0) is 25.0 Å². The lowest BCUT2D eigenvalue weighted by atomic mass is 10.2. The Labute approximate surface area is 133 Å². The van der Waals surface area contributed by atoms with Crippen LogP contribution in [0.1, 0.15) is 21.8 Å². The van der Waals surface area contributed by atoms with Gasteiger partial charge in [0.2, 0.25) is 0 Å². The highest BCUT2D eigenvalue weighted by Gasteiger charge is 2.21. The highest BCUT2D eigenvalue weighted by Crippen LogP contribution is 2.26. The quantitative estimate of drug-likeness (QED) is 0.787. The number of anilines is 2. The first-order chi connectivity index (χ1) is 11.0. The van der Waals surface area contributed by atoms with E-state index < -0.39 is 23.4 Å². The number of aromatic nitrogens is 1. The number of carbonyl (C=O) groups is 2. The zero-order valence-electron chi connectivity index (χ0n) is 11.8. The van der Waals surface area contributed by atoms with E-state index in [0.29, 0.717) is 23.5 Å². The largest absolute Gasteiger partial charge is 0.351 e. The third-order valence-corrected chi connectivity index (χ3v) is 4.21. The summed E-state index contributed by atoms with van der Waals surface area (Å²) in [5.74, 6) is -1.99. The molecule has 9 heteroatoms. The summed E-state index contributed by atoms with van der Waals surface area (Å²) in [6, 6.07) is 2.44. The molecule has 120 valence electrons. The Hall–Kier alpha value is -2.55. The van der Waals surface area contributed by atoms with Crippen molar-refractivity contribution in [2.24, 2.45) is 0 Å². The van der Waals surface area contributed by atoms with Gasteiger partial charge in [0.1, 0.15) is 22.2 Å². The number of hydrogen-bond donors (Lipinski definition) is 3. The average molecular weight is 338 g/mol. The lowest BCUT2D eigenvalue weighted by Gasteiger charge is -2.07. The number of amides is 3. The molecule has 0 saturated carbocycles. The van der Waals surface area contributed by atoms with Crippen LogP contribution in [-0.4, -0.2) is 23.5 Å². The van der Waals surface area contributed by atoms with Gasteiger partial charge in [0.15, 0.2) is 5.13 Å². The number of hydrogen-bond acceptors (Lipinski definition) is 4. The fourth-order valence-electron chi connectivity index (χ4n) is 2.15. The van der Waals surface area contributed by atoms with Crippen molar-refractivity contribution in [1.29, 1.82) is 0 Å². The van der Waals surface area contributed by atoms with E-state index in [1.54, 1.807) is 0 Å².